The maximum Gasteiger partial charge on any atom is 0.259 e. The summed E-state index contributed by atoms with van der Waals surface area (Å²) in [6, 6.07) is 3.82. The summed E-state index contributed by atoms with van der Waals surface area (Å²) in [5, 5.41) is 8.45. The Labute approximate surface area is 122 Å². The van der Waals surface area contributed by atoms with Gasteiger partial charge in [0, 0.05) is 10.8 Å². The molecule has 1 aliphatic rings. The number of carbonyl (C=O) groups is 2. The van der Waals surface area contributed by atoms with Crippen LogP contribution in [0.15, 0.2) is 22.6 Å². The summed E-state index contributed by atoms with van der Waals surface area (Å²) < 4.78 is 0. The summed E-state index contributed by atoms with van der Waals surface area (Å²) >= 11 is 1.54. The van der Waals surface area contributed by atoms with Gasteiger partial charge in [-0.3, -0.25) is 9.59 Å². The molecule has 1 aromatic rings. The van der Waals surface area contributed by atoms with Crippen molar-refractivity contribution in [2.45, 2.75) is 32.1 Å². The third kappa shape index (κ3) is 4.77. The Hall–Kier alpha value is -1.69. The molecule has 0 spiro atoms. The number of nitrogens with one attached hydrogen (secondary N) is 2. The van der Waals surface area contributed by atoms with Gasteiger partial charge in [0.2, 0.25) is 5.91 Å². The number of hydrazone groups is 1. The first-order valence-electron chi connectivity index (χ1n) is 6.89. The fourth-order valence-corrected chi connectivity index (χ4v) is 2.83. The monoisotopic (exact) mass is 293 g/mol. The quantitative estimate of drug-likeness (QED) is 0.643. The van der Waals surface area contributed by atoms with Gasteiger partial charge in [0.05, 0.1) is 12.8 Å². The minimum Gasteiger partial charge on any atom is -0.347 e. The zero-order valence-electron chi connectivity index (χ0n) is 11.3. The van der Waals surface area contributed by atoms with E-state index in [2.05, 4.69) is 15.8 Å². The van der Waals surface area contributed by atoms with Crippen LogP contribution in [0, 0.1) is 5.92 Å². The van der Waals surface area contributed by atoms with Crippen LogP contribution in [0.1, 0.15) is 37.0 Å². The molecule has 1 fully saturated rings. The first kappa shape index (κ1) is 14.7. The predicted molar refractivity (Wildman–Crippen MR) is 79.6 cm³/mol. The molecule has 0 radical (unpaired) electrons. The molecule has 108 valence electrons. The lowest BCUT2D eigenvalue weighted by atomic mass is 9.89. The molecule has 1 saturated carbocycles. The number of rotatable bonds is 5. The molecule has 0 aliphatic heterocycles. The minimum absolute atomic E-state index is 0.0120. The van der Waals surface area contributed by atoms with Crippen molar-refractivity contribution in [1.82, 2.24) is 10.7 Å². The summed E-state index contributed by atoms with van der Waals surface area (Å²) in [4.78, 5) is 24.3. The Morgan fingerprint density at radius 2 is 2.15 bits per heavy atom. The van der Waals surface area contributed by atoms with Crippen molar-refractivity contribution in [3.8, 4) is 0 Å². The van der Waals surface area contributed by atoms with E-state index in [4.69, 9.17) is 0 Å². The van der Waals surface area contributed by atoms with Gasteiger partial charge in [-0.2, -0.15) is 5.10 Å². The van der Waals surface area contributed by atoms with E-state index in [0.717, 1.165) is 30.6 Å². The first-order valence-corrected chi connectivity index (χ1v) is 7.77. The van der Waals surface area contributed by atoms with Gasteiger partial charge in [-0.1, -0.05) is 25.3 Å². The van der Waals surface area contributed by atoms with Crippen LogP contribution >= 0.6 is 11.3 Å². The lowest BCUT2D eigenvalue weighted by Gasteiger charge is -2.20. The smallest absolute Gasteiger partial charge is 0.259 e. The molecule has 6 heteroatoms. The van der Waals surface area contributed by atoms with Gasteiger partial charge >= 0.3 is 0 Å². The lowest BCUT2D eigenvalue weighted by Crippen LogP contribution is -2.38. The molecule has 2 N–H and O–H groups in total. The molecular weight excluding hydrogens is 274 g/mol. The number of hydrogen-bond donors (Lipinski definition) is 2. The third-order valence-corrected chi connectivity index (χ3v) is 4.13. The van der Waals surface area contributed by atoms with E-state index < -0.39 is 0 Å². The molecule has 1 aromatic heterocycles. The zero-order chi connectivity index (χ0) is 14.2. The molecule has 1 heterocycles. The van der Waals surface area contributed by atoms with Crippen LogP contribution in [0.3, 0.4) is 0 Å². The average Bonchev–Trinajstić information content (AvgIpc) is 2.99. The highest BCUT2D eigenvalue weighted by Crippen LogP contribution is 2.23. The van der Waals surface area contributed by atoms with Gasteiger partial charge in [0.15, 0.2) is 0 Å². The summed E-state index contributed by atoms with van der Waals surface area (Å²) in [5.41, 5.74) is 2.40. The van der Waals surface area contributed by atoms with E-state index in [1.807, 2.05) is 17.5 Å². The van der Waals surface area contributed by atoms with E-state index in [0.29, 0.717) is 0 Å². The molecule has 0 unspecified atom stereocenters. The largest absolute Gasteiger partial charge is 0.347 e. The average molecular weight is 293 g/mol. The second kappa shape index (κ2) is 7.79. The summed E-state index contributed by atoms with van der Waals surface area (Å²) in [7, 11) is 0. The van der Waals surface area contributed by atoms with Crippen LogP contribution in [-0.4, -0.2) is 24.6 Å². The van der Waals surface area contributed by atoms with E-state index in [9.17, 15) is 9.59 Å². The second-order valence-electron chi connectivity index (χ2n) is 4.86. The van der Waals surface area contributed by atoms with Gasteiger partial charge in [-0.05, 0) is 24.3 Å². The zero-order valence-corrected chi connectivity index (χ0v) is 12.1. The fourth-order valence-electron chi connectivity index (χ4n) is 2.25. The summed E-state index contributed by atoms with van der Waals surface area (Å²) in [6.07, 6.45) is 6.88. The van der Waals surface area contributed by atoms with E-state index in [-0.39, 0.29) is 24.3 Å². The first-order chi connectivity index (χ1) is 9.75. The highest BCUT2D eigenvalue weighted by atomic mass is 32.1. The van der Waals surface area contributed by atoms with Crippen molar-refractivity contribution in [2.75, 3.05) is 6.54 Å². The SMILES string of the molecule is O=C(CNC(=O)C1CCCCC1)N/N=C/c1cccs1. The van der Waals surface area contributed by atoms with Crippen LogP contribution in [0.4, 0.5) is 0 Å². The number of carbonyl (C=O) groups excluding carboxylic acids is 2. The Morgan fingerprint density at radius 3 is 2.85 bits per heavy atom. The standard InChI is InChI=1S/C14H19N3O2S/c18-13(17-16-9-12-7-4-8-20-12)10-15-14(19)11-5-2-1-3-6-11/h4,7-9,11H,1-3,5-6,10H2,(H,15,19)(H,17,18)/b16-9+. The number of hydrogen-bond acceptors (Lipinski definition) is 4. The maximum atomic E-state index is 11.8. The van der Waals surface area contributed by atoms with E-state index in [1.165, 1.54) is 6.42 Å². The van der Waals surface area contributed by atoms with Crippen LogP contribution in [-0.2, 0) is 9.59 Å². The summed E-state index contributed by atoms with van der Waals surface area (Å²) in [5.74, 6) is -0.241. The summed E-state index contributed by atoms with van der Waals surface area (Å²) in [6.45, 7) is -0.0168. The highest BCUT2D eigenvalue weighted by molar-refractivity contribution is 7.11. The van der Waals surface area contributed by atoms with Crippen LogP contribution in [0.25, 0.3) is 0 Å². The van der Waals surface area contributed by atoms with Crippen LogP contribution < -0.4 is 10.7 Å². The van der Waals surface area contributed by atoms with Crippen LogP contribution in [0.5, 0.6) is 0 Å². The predicted octanol–water partition coefficient (Wildman–Crippen LogP) is 1.89. The normalized spacial score (nSPS) is 16.2. The van der Waals surface area contributed by atoms with Crippen molar-refractivity contribution >= 4 is 29.4 Å². The third-order valence-electron chi connectivity index (χ3n) is 3.32. The number of thiophene rings is 1. The Bertz CT molecular complexity index is 465. The second-order valence-corrected chi connectivity index (χ2v) is 5.84. The lowest BCUT2D eigenvalue weighted by molar-refractivity contribution is -0.129. The van der Waals surface area contributed by atoms with Crippen molar-refractivity contribution in [2.24, 2.45) is 11.0 Å². The van der Waals surface area contributed by atoms with Crippen molar-refractivity contribution in [3.05, 3.63) is 22.4 Å². The molecule has 1 aliphatic carbocycles. The van der Waals surface area contributed by atoms with Crippen LogP contribution in [0.2, 0.25) is 0 Å². The van der Waals surface area contributed by atoms with Gasteiger partial charge < -0.3 is 5.32 Å². The minimum atomic E-state index is -0.304. The van der Waals surface area contributed by atoms with Gasteiger partial charge in [0.1, 0.15) is 0 Å². The fraction of sp³-hybridized carbons (Fsp3) is 0.500. The van der Waals surface area contributed by atoms with Crippen molar-refractivity contribution < 1.29 is 9.59 Å². The molecule has 2 rings (SSSR count). The van der Waals surface area contributed by atoms with Gasteiger partial charge in [-0.15, -0.1) is 11.3 Å². The van der Waals surface area contributed by atoms with Crippen molar-refractivity contribution in [1.29, 1.82) is 0 Å². The molecule has 0 aromatic carbocycles. The molecule has 0 saturated heterocycles. The van der Waals surface area contributed by atoms with Crippen molar-refractivity contribution in [3.63, 3.8) is 0 Å². The molecule has 2 amide bonds. The molecule has 20 heavy (non-hydrogen) atoms. The van der Waals surface area contributed by atoms with Gasteiger partial charge in [-0.25, -0.2) is 5.43 Å². The Balaban J connectivity index is 1.65. The highest BCUT2D eigenvalue weighted by Gasteiger charge is 2.21. The molecular formula is C14H19N3O2S. The molecule has 0 bridgehead atoms. The molecule has 5 nitrogen and oxygen atoms in total. The molecule has 0 atom stereocenters. The van der Waals surface area contributed by atoms with E-state index >= 15 is 0 Å². The topological polar surface area (TPSA) is 70.6 Å². The number of amides is 2. The number of nitrogens with zero attached hydrogens (tertiary/aromatic N) is 1. The van der Waals surface area contributed by atoms with E-state index in [1.54, 1.807) is 17.6 Å². The Morgan fingerprint density at radius 1 is 1.35 bits per heavy atom. The Kier molecular flexibility index (Phi) is 5.73. The van der Waals surface area contributed by atoms with Gasteiger partial charge in [0.25, 0.3) is 5.91 Å². The maximum absolute atomic E-state index is 11.8.